The first-order chi connectivity index (χ1) is 13.0. The predicted molar refractivity (Wildman–Crippen MR) is 106 cm³/mol. The van der Waals surface area contributed by atoms with Crippen LogP contribution >= 0.6 is 11.3 Å². The number of ether oxygens (including phenoxy) is 1. The quantitative estimate of drug-likeness (QED) is 0.748. The molecule has 0 radical (unpaired) electrons. The van der Waals surface area contributed by atoms with Gasteiger partial charge in [0.2, 0.25) is 0 Å². The fraction of sp³-hybridized carbons (Fsp3) is 0.286. The average Bonchev–Trinajstić information content (AvgIpc) is 3.22. The standard InChI is InChI=1S/C21H21N3O2S/c1-12-7-8-18(22-10-12)17-6-4-5-15-9-16(26-19(15)17)11-23-21(25)20-13(2)24-14(3)27-20/h4-8,10,16H,9,11H2,1-3H3,(H,23,25)/t16-/m0/s1. The zero-order valence-electron chi connectivity index (χ0n) is 15.6. The van der Waals surface area contributed by atoms with E-state index in [-0.39, 0.29) is 12.0 Å². The number of pyridine rings is 1. The number of nitrogens with one attached hydrogen (secondary N) is 1. The molecule has 1 amide bonds. The molecule has 1 aliphatic rings. The van der Waals surface area contributed by atoms with Crippen LogP contribution in [0.3, 0.4) is 0 Å². The fourth-order valence-electron chi connectivity index (χ4n) is 3.31. The van der Waals surface area contributed by atoms with E-state index in [4.69, 9.17) is 4.74 Å². The second-order valence-corrected chi connectivity index (χ2v) is 8.02. The first-order valence-electron chi connectivity index (χ1n) is 8.95. The highest BCUT2D eigenvalue weighted by Crippen LogP contribution is 2.37. The highest BCUT2D eigenvalue weighted by molar-refractivity contribution is 7.13. The number of hydrogen-bond acceptors (Lipinski definition) is 5. The lowest BCUT2D eigenvalue weighted by Gasteiger charge is -2.13. The molecule has 4 rings (SSSR count). The second kappa shape index (κ2) is 7.12. The third-order valence-electron chi connectivity index (χ3n) is 4.62. The Kier molecular flexibility index (Phi) is 4.66. The van der Waals surface area contributed by atoms with Crippen molar-refractivity contribution in [2.45, 2.75) is 33.3 Å². The number of carbonyl (C=O) groups is 1. The number of nitrogens with zero attached hydrogens (tertiary/aromatic N) is 2. The molecule has 2 aromatic heterocycles. The SMILES string of the molecule is Cc1ccc(-c2cccc3c2O[C@H](CNC(=O)c2sc(C)nc2C)C3)nc1. The largest absolute Gasteiger partial charge is 0.487 e. The summed E-state index contributed by atoms with van der Waals surface area (Å²) in [7, 11) is 0. The van der Waals surface area contributed by atoms with Gasteiger partial charge in [0.1, 0.15) is 16.7 Å². The molecular weight excluding hydrogens is 358 g/mol. The van der Waals surface area contributed by atoms with Crippen LogP contribution in [0.25, 0.3) is 11.3 Å². The Morgan fingerprint density at radius 2 is 2.11 bits per heavy atom. The second-order valence-electron chi connectivity index (χ2n) is 6.82. The first-order valence-corrected chi connectivity index (χ1v) is 9.76. The van der Waals surface area contributed by atoms with Crippen LogP contribution in [-0.2, 0) is 6.42 Å². The van der Waals surface area contributed by atoms with E-state index in [1.165, 1.54) is 11.3 Å². The van der Waals surface area contributed by atoms with Crippen LogP contribution in [0.4, 0.5) is 0 Å². The summed E-state index contributed by atoms with van der Waals surface area (Å²) in [5, 5.41) is 3.89. The summed E-state index contributed by atoms with van der Waals surface area (Å²) >= 11 is 1.42. The van der Waals surface area contributed by atoms with Crippen molar-refractivity contribution in [2.24, 2.45) is 0 Å². The minimum atomic E-state index is -0.0851. The Morgan fingerprint density at radius 3 is 2.81 bits per heavy atom. The van der Waals surface area contributed by atoms with Crippen molar-refractivity contribution in [3.8, 4) is 17.0 Å². The molecule has 0 spiro atoms. The molecule has 138 valence electrons. The van der Waals surface area contributed by atoms with E-state index in [0.717, 1.165) is 45.3 Å². The van der Waals surface area contributed by atoms with E-state index in [2.05, 4.69) is 21.4 Å². The maximum absolute atomic E-state index is 12.4. The molecule has 5 nitrogen and oxygen atoms in total. The maximum atomic E-state index is 12.4. The van der Waals surface area contributed by atoms with Gasteiger partial charge in [-0.25, -0.2) is 4.98 Å². The van der Waals surface area contributed by atoms with E-state index in [9.17, 15) is 4.79 Å². The average molecular weight is 379 g/mol. The van der Waals surface area contributed by atoms with Gasteiger partial charge in [-0.3, -0.25) is 9.78 Å². The van der Waals surface area contributed by atoms with Crippen molar-refractivity contribution < 1.29 is 9.53 Å². The number of thiazole rings is 1. The van der Waals surface area contributed by atoms with E-state index >= 15 is 0 Å². The van der Waals surface area contributed by atoms with Gasteiger partial charge in [-0.1, -0.05) is 18.2 Å². The van der Waals surface area contributed by atoms with Gasteiger partial charge < -0.3 is 10.1 Å². The van der Waals surface area contributed by atoms with Crippen molar-refractivity contribution in [3.05, 3.63) is 63.2 Å². The number of carbonyl (C=O) groups excluding carboxylic acids is 1. The van der Waals surface area contributed by atoms with Crippen molar-refractivity contribution in [1.82, 2.24) is 15.3 Å². The third kappa shape index (κ3) is 3.57. The van der Waals surface area contributed by atoms with Crippen molar-refractivity contribution in [3.63, 3.8) is 0 Å². The Bertz CT molecular complexity index is 995. The molecule has 0 saturated heterocycles. The minimum absolute atomic E-state index is 0.0788. The molecule has 1 aromatic carbocycles. The molecular formula is C21H21N3O2S. The topological polar surface area (TPSA) is 64.1 Å². The molecule has 0 fully saturated rings. The van der Waals surface area contributed by atoms with Crippen molar-refractivity contribution >= 4 is 17.2 Å². The molecule has 0 saturated carbocycles. The van der Waals surface area contributed by atoms with Crippen LogP contribution in [-0.4, -0.2) is 28.5 Å². The zero-order chi connectivity index (χ0) is 19.0. The summed E-state index contributed by atoms with van der Waals surface area (Å²) in [6.45, 7) is 6.26. The number of fused-ring (bicyclic) bond motifs is 1. The number of aryl methyl sites for hydroxylation is 3. The van der Waals surface area contributed by atoms with Gasteiger partial charge in [0.25, 0.3) is 5.91 Å². The van der Waals surface area contributed by atoms with Crippen LogP contribution in [0.15, 0.2) is 36.5 Å². The molecule has 0 bridgehead atoms. The summed E-state index contributed by atoms with van der Waals surface area (Å²) in [5.41, 5.74) is 4.95. The highest BCUT2D eigenvalue weighted by atomic mass is 32.1. The van der Waals surface area contributed by atoms with Crippen molar-refractivity contribution in [1.29, 1.82) is 0 Å². The third-order valence-corrected chi connectivity index (χ3v) is 5.69. The van der Waals surface area contributed by atoms with Crippen molar-refractivity contribution in [2.75, 3.05) is 6.54 Å². The molecule has 27 heavy (non-hydrogen) atoms. The molecule has 3 heterocycles. The maximum Gasteiger partial charge on any atom is 0.263 e. The summed E-state index contributed by atoms with van der Waals surface area (Å²) < 4.78 is 6.18. The smallest absolute Gasteiger partial charge is 0.263 e. The van der Waals surface area contributed by atoms with Crippen LogP contribution in [0.2, 0.25) is 0 Å². The molecule has 1 N–H and O–H groups in total. The number of aromatic nitrogens is 2. The van der Waals surface area contributed by atoms with Gasteiger partial charge in [0, 0.05) is 18.2 Å². The van der Waals surface area contributed by atoms with Gasteiger partial charge in [-0.2, -0.15) is 0 Å². The lowest BCUT2D eigenvalue weighted by Crippen LogP contribution is -2.34. The summed E-state index contributed by atoms with van der Waals surface area (Å²) in [6, 6.07) is 10.2. The normalized spacial score (nSPS) is 15.3. The van der Waals surface area contributed by atoms with E-state index in [1.807, 2.05) is 51.2 Å². The fourth-order valence-corrected chi connectivity index (χ4v) is 4.15. The Hall–Kier alpha value is -2.73. The van der Waals surface area contributed by atoms with Gasteiger partial charge in [0.15, 0.2) is 0 Å². The number of hydrogen-bond donors (Lipinski definition) is 1. The van der Waals surface area contributed by atoms with Crippen LogP contribution in [0.5, 0.6) is 5.75 Å². The van der Waals surface area contributed by atoms with E-state index in [0.29, 0.717) is 11.4 Å². The molecule has 6 heteroatoms. The highest BCUT2D eigenvalue weighted by Gasteiger charge is 2.27. The summed E-state index contributed by atoms with van der Waals surface area (Å²) in [4.78, 5) is 21.9. The Balaban J connectivity index is 1.47. The first kappa shape index (κ1) is 17.7. The molecule has 0 unspecified atom stereocenters. The number of amides is 1. The Labute approximate surface area is 162 Å². The monoisotopic (exact) mass is 379 g/mol. The lowest BCUT2D eigenvalue weighted by atomic mass is 10.0. The number of benzene rings is 1. The predicted octanol–water partition coefficient (Wildman–Crippen LogP) is 3.86. The van der Waals surface area contributed by atoms with Gasteiger partial charge in [-0.05, 0) is 44.0 Å². The number of para-hydroxylation sites is 1. The van der Waals surface area contributed by atoms with Gasteiger partial charge >= 0.3 is 0 Å². The van der Waals surface area contributed by atoms with Crippen LogP contribution in [0, 0.1) is 20.8 Å². The van der Waals surface area contributed by atoms with E-state index < -0.39 is 0 Å². The van der Waals surface area contributed by atoms with Gasteiger partial charge in [0.05, 0.1) is 22.9 Å². The lowest BCUT2D eigenvalue weighted by molar-refractivity contribution is 0.0937. The molecule has 0 aliphatic carbocycles. The minimum Gasteiger partial charge on any atom is -0.487 e. The molecule has 1 aliphatic heterocycles. The van der Waals surface area contributed by atoms with Crippen LogP contribution < -0.4 is 10.1 Å². The number of rotatable bonds is 4. The van der Waals surface area contributed by atoms with Gasteiger partial charge in [-0.15, -0.1) is 11.3 Å². The molecule has 3 aromatic rings. The van der Waals surface area contributed by atoms with E-state index in [1.54, 1.807) is 0 Å². The summed E-state index contributed by atoms with van der Waals surface area (Å²) in [5.74, 6) is 0.788. The summed E-state index contributed by atoms with van der Waals surface area (Å²) in [6.07, 6.45) is 2.56. The Morgan fingerprint density at radius 1 is 1.26 bits per heavy atom. The van der Waals surface area contributed by atoms with Crippen LogP contribution in [0.1, 0.15) is 31.5 Å². The zero-order valence-corrected chi connectivity index (χ0v) is 16.4. The molecule has 1 atom stereocenters.